The first-order valence-electron chi connectivity index (χ1n) is 16.6. The maximum Gasteiger partial charge on any atom is 0.528 e. The number of fused-ring (bicyclic) bond motifs is 1. The molecule has 1 saturated carbocycles. The number of hydrogen-bond donors (Lipinski definition) is 9. The highest BCUT2D eigenvalue weighted by Crippen LogP contribution is 2.52. The van der Waals surface area contributed by atoms with Crippen LogP contribution in [0, 0.1) is 0 Å². The van der Waals surface area contributed by atoms with Gasteiger partial charge in [-0.05, 0) is 48.4 Å². The highest BCUT2D eigenvalue weighted by atomic mass is 31.2. The van der Waals surface area contributed by atoms with Crippen molar-refractivity contribution in [2.45, 2.75) is 88.7 Å². The number of phosphoric acid groups is 3. The first-order valence-corrected chi connectivity index (χ1v) is 21.2. The predicted octanol–water partition coefficient (Wildman–Crippen LogP) is 3.64. The summed E-state index contributed by atoms with van der Waals surface area (Å²) in [5.41, 5.74) is 1.55. The number of pyridine rings is 1. The third-order valence-corrected chi connectivity index (χ3v) is 9.96. The number of anilines is 1. The van der Waals surface area contributed by atoms with Gasteiger partial charge >= 0.3 is 29.6 Å². The molecule has 0 radical (unpaired) electrons. The second kappa shape index (κ2) is 19.2. The van der Waals surface area contributed by atoms with E-state index >= 15 is 0 Å². The Morgan fingerprint density at radius 1 is 0.759 bits per heavy atom. The normalized spacial score (nSPS) is 23.1. The summed E-state index contributed by atoms with van der Waals surface area (Å²) in [7, 11) is -16.6. The van der Waals surface area contributed by atoms with E-state index in [2.05, 4.69) is 26.3 Å². The van der Waals surface area contributed by atoms with Gasteiger partial charge in [0.1, 0.15) is 43.2 Å². The maximum absolute atomic E-state index is 13.3. The summed E-state index contributed by atoms with van der Waals surface area (Å²) < 4.78 is 66.3. The molecule has 0 aliphatic heterocycles. The van der Waals surface area contributed by atoms with Crippen LogP contribution in [0.3, 0.4) is 0 Å². The summed E-state index contributed by atoms with van der Waals surface area (Å²) in [4.78, 5) is 64.5. The van der Waals surface area contributed by atoms with Crippen LogP contribution in [-0.4, -0.2) is 94.1 Å². The van der Waals surface area contributed by atoms with Gasteiger partial charge in [0.25, 0.3) is 0 Å². The van der Waals surface area contributed by atoms with Crippen LogP contribution in [0.1, 0.15) is 51.0 Å². The van der Waals surface area contributed by atoms with Crippen molar-refractivity contribution in [3.63, 3.8) is 0 Å². The van der Waals surface area contributed by atoms with Crippen molar-refractivity contribution in [1.82, 2.24) is 4.98 Å². The molecule has 23 heteroatoms. The Kier molecular flexibility index (Phi) is 15.5. The number of aromatic nitrogens is 1. The number of aliphatic hydroxyl groups excluding tert-OH is 3. The maximum atomic E-state index is 13.3. The van der Waals surface area contributed by atoms with Crippen LogP contribution in [0.5, 0.6) is 11.5 Å². The van der Waals surface area contributed by atoms with E-state index in [1.807, 2.05) is 6.07 Å². The standard InChI is InChI=1S/C31H43N2O18P3/c1-2-3-4-5-6-7-15-46-24-16-19(18-47-31(37)33-21-11-12-22-20(17-21)9-8-14-32-22)10-13-23(24)48-54(44,45)51-28-25(34)26(35)29(49-52(38,39)40)30(27(28)36)50-53(41,42)43/h8-14,16-17,25-30,34-36H,2-7,15,18H2,1H3,(H,33,37)(H,44,45)(H2,38,39,40)(H2,41,42,43)/t25-,26+,27+,28-,29-,30-/m1/s1. The third-order valence-electron chi connectivity index (χ3n) is 7.99. The first-order chi connectivity index (χ1) is 25.4. The first kappa shape index (κ1) is 43.7. The Labute approximate surface area is 309 Å². The number of aliphatic hydroxyl groups is 3. The molecule has 1 amide bonds. The topological polar surface area (TPSA) is 310 Å². The lowest BCUT2D eigenvalue weighted by molar-refractivity contribution is -0.212. The molecule has 0 saturated heterocycles. The van der Waals surface area contributed by atoms with Crippen LogP contribution in [0.4, 0.5) is 10.5 Å². The summed E-state index contributed by atoms with van der Waals surface area (Å²) in [5.74, 6) is -0.497. The van der Waals surface area contributed by atoms with E-state index in [0.717, 1.165) is 43.0 Å². The van der Waals surface area contributed by atoms with Crippen LogP contribution in [-0.2, 0) is 38.6 Å². The quantitative estimate of drug-likeness (QED) is 0.0615. The molecule has 1 aliphatic carbocycles. The Balaban J connectivity index is 1.49. The number of carbonyl (C=O) groups excluding carboxylic acids is 1. The van der Waals surface area contributed by atoms with Crippen molar-refractivity contribution < 1.29 is 85.8 Å². The summed E-state index contributed by atoms with van der Waals surface area (Å²) in [6.45, 7) is 1.94. The van der Waals surface area contributed by atoms with Crippen LogP contribution in [0.15, 0.2) is 54.7 Å². The van der Waals surface area contributed by atoms with Crippen molar-refractivity contribution in [3.8, 4) is 11.5 Å². The van der Waals surface area contributed by atoms with Crippen molar-refractivity contribution >= 4 is 46.2 Å². The lowest BCUT2D eigenvalue weighted by Crippen LogP contribution is -2.65. The number of nitrogens with zero attached hydrogens (tertiary/aromatic N) is 1. The van der Waals surface area contributed by atoms with E-state index in [0.29, 0.717) is 17.7 Å². The third kappa shape index (κ3) is 13.3. The highest BCUT2D eigenvalue weighted by molar-refractivity contribution is 7.48. The van der Waals surface area contributed by atoms with Gasteiger partial charge < -0.3 is 48.9 Å². The highest BCUT2D eigenvalue weighted by Gasteiger charge is 2.56. The second-order valence-corrected chi connectivity index (χ2v) is 15.9. The molecular weight excluding hydrogens is 781 g/mol. The van der Waals surface area contributed by atoms with Gasteiger partial charge in [0.2, 0.25) is 0 Å². The fraction of sp³-hybridized carbons (Fsp3) is 0.484. The number of ether oxygens (including phenoxy) is 2. The average Bonchev–Trinajstić information content (AvgIpc) is 3.09. The number of amides is 1. The number of hydrogen-bond acceptors (Lipinski definition) is 14. The lowest BCUT2D eigenvalue weighted by atomic mass is 9.85. The van der Waals surface area contributed by atoms with Gasteiger partial charge in [0.15, 0.2) is 11.5 Å². The molecule has 0 spiro atoms. The van der Waals surface area contributed by atoms with E-state index in [4.69, 9.17) is 18.5 Å². The molecular formula is C31H43N2O18P3. The number of benzene rings is 2. The zero-order valence-electron chi connectivity index (χ0n) is 28.8. The fourth-order valence-electron chi connectivity index (χ4n) is 5.50. The summed E-state index contributed by atoms with van der Waals surface area (Å²) >= 11 is 0. The SMILES string of the molecule is CCCCCCCCOc1cc(COC(=O)Nc2ccc3ncccc3c2)ccc1OP(=O)(O)O[C@@H]1[C@H](O)[C@H](O)[C@@H](OP(=O)(O)O)[C@H](OP(=O)(O)O)[C@H]1O. The molecule has 300 valence electrons. The molecule has 9 N–H and O–H groups in total. The van der Waals surface area contributed by atoms with Gasteiger partial charge in [-0.1, -0.05) is 51.2 Å². The van der Waals surface area contributed by atoms with Crippen LogP contribution in [0.2, 0.25) is 0 Å². The number of unbranched alkanes of at least 4 members (excludes halogenated alkanes) is 5. The molecule has 1 aromatic heterocycles. The van der Waals surface area contributed by atoms with E-state index in [1.165, 1.54) is 18.2 Å². The smallest absolute Gasteiger partial charge is 0.490 e. The summed E-state index contributed by atoms with van der Waals surface area (Å²) in [6.07, 6.45) is -8.48. The number of phosphoric ester groups is 3. The number of carbonyl (C=O) groups is 1. The van der Waals surface area contributed by atoms with Crippen molar-refractivity contribution in [2.24, 2.45) is 0 Å². The summed E-state index contributed by atoms with van der Waals surface area (Å²) in [6, 6.07) is 12.6. The van der Waals surface area contributed by atoms with Crippen molar-refractivity contribution in [1.29, 1.82) is 0 Å². The van der Waals surface area contributed by atoms with E-state index in [9.17, 15) is 58.3 Å². The molecule has 3 aromatic rings. The fourth-order valence-corrected chi connectivity index (χ4v) is 7.63. The molecule has 1 fully saturated rings. The average molecular weight is 825 g/mol. The van der Waals surface area contributed by atoms with Gasteiger partial charge in [0, 0.05) is 17.3 Å². The number of rotatable bonds is 19. The van der Waals surface area contributed by atoms with Crippen LogP contribution < -0.4 is 14.6 Å². The Morgan fingerprint density at radius 2 is 1.41 bits per heavy atom. The lowest BCUT2D eigenvalue weighted by Gasteiger charge is -2.44. The zero-order valence-corrected chi connectivity index (χ0v) is 31.4. The van der Waals surface area contributed by atoms with Gasteiger partial charge in [-0.3, -0.25) is 28.8 Å². The van der Waals surface area contributed by atoms with E-state index in [1.54, 1.807) is 30.5 Å². The molecule has 0 bridgehead atoms. The minimum Gasteiger partial charge on any atom is -0.490 e. The van der Waals surface area contributed by atoms with Crippen LogP contribution in [0.25, 0.3) is 10.9 Å². The Bertz CT molecular complexity index is 1860. The van der Waals surface area contributed by atoms with Crippen LogP contribution >= 0.6 is 23.5 Å². The monoisotopic (exact) mass is 824 g/mol. The molecule has 1 aliphatic rings. The molecule has 1 heterocycles. The second-order valence-electron chi connectivity index (χ2n) is 12.2. The zero-order chi connectivity index (χ0) is 39.7. The van der Waals surface area contributed by atoms with Crippen molar-refractivity contribution in [3.05, 3.63) is 60.3 Å². The van der Waals surface area contributed by atoms with E-state index in [-0.39, 0.29) is 19.0 Å². The largest absolute Gasteiger partial charge is 0.528 e. The minimum absolute atomic E-state index is 0.104. The molecule has 2 aromatic carbocycles. The Hall–Kier alpha value is -3.03. The Morgan fingerprint density at radius 3 is 2.09 bits per heavy atom. The molecule has 1 unspecified atom stereocenters. The van der Waals surface area contributed by atoms with Gasteiger partial charge in [-0.2, -0.15) is 0 Å². The van der Waals surface area contributed by atoms with Crippen molar-refractivity contribution in [2.75, 3.05) is 11.9 Å². The van der Waals surface area contributed by atoms with E-state index < -0.39 is 71.9 Å². The number of nitrogens with one attached hydrogen (secondary N) is 1. The molecule has 54 heavy (non-hydrogen) atoms. The molecule has 20 nitrogen and oxygen atoms in total. The summed E-state index contributed by atoms with van der Waals surface area (Å²) in [5, 5.41) is 35.3. The molecule has 7 atom stereocenters. The van der Waals surface area contributed by atoms with Gasteiger partial charge in [-0.25, -0.2) is 18.5 Å². The minimum atomic E-state index is -5.58. The predicted molar refractivity (Wildman–Crippen MR) is 188 cm³/mol. The molecule has 4 rings (SSSR count). The van der Waals surface area contributed by atoms with Gasteiger partial charge in [-0.15, -0.1) is 0 Å². The van der Waals surface area contributed by atoms with Gasteiger partial charge in [0.05, 0.1) is 12.1 Å².